The van der Waals surface area contributed by atoms with Crippen molar-refractivity contribution in [1.29, 1.82) is 4.78 Å². The van der Waals surface area contributed by atoms with Crippen LogP contribution in [-0.4, -0.2) is 31.3 Å². The van der Waals surface area contributed by atoms with Gasteiger partial charge in [-0.2, -0.15) is 0 Å². The topological polar surface area (TPSA) is 125 Å². The minimum Gasteiger partial charge on any atom is -0.474 e. The number of nitrogens with one attached hydrogen (secondary N) is 1. The minimum atomic E-state index is -2.75. The van der Waals surface area contributed by atoms with E-state index in [0.717, 1.165) is 10.9 Å². The minimum absolute atomic E-state index is 0.310. The Balaban J connectivity index is 2.53. The van der Waals surface area contributed by atoms with Crippen LogP contribution in [0.3, 0.4) is 0 Å². The first-order chi connectivity index (χ1) is 13.3. The van der Waals surface area contributed by atoms with Crippen molar-refractivity contribution in [2.24, 2.45) is 5.11 Å². The van der Waals surface area contributed by atoms with Gasteiger partial charge >= 0.3 is 0 Å². The summed E-state index contributed by atoms with van der Waals surface area (Å²) >= 11 is 6.13. The van der Waals surface area contributed by atoms with E-state index in [2.05, 4.69) is 20.0 Å². The fourth-order valence-electron chi connectivity index (χ4n) is 3.11. The molecule has 0 bridgehead atoms. The highest BCUT2D eigenvalue weighted by Crippen LogP contribution is 2.38. The van der Waals surface area contributed by atoms with Gasteiger partial charge in [0.15, 0.2) is 0 Å². The predicted octanol–water partition coefficient (Wildman–Crippen LogP) is 5.83. The molecule has 0 aliphatic heterocycles. The Kier molecular flexibility index (Phi) is 6.67. The van der Waals surface area contributed by atoms with Gasteiger partial charge in [0.25, 0.3) is 0 Å². The second-order valence-electron chi connectivity index (χ2n) is 8.08. The van der Waals surface area contributed by atoms with Crippen LogP contribution in [0.15, 0.2) is 23.6 Å². The molecule has 2 rings (SSSR count). The van der Waals surface area contributed by atoms with Crippen molar-refractivity contribution in [3.8, 4) is 5.88 Å². The maximum absolute atomic E-state index is 12.2. The number of hydrogen-bond acceptors (Lipinski definition) is 6. The molecule has 1 N–H and O–H groups in total. The molecule has 10 heteroatoms. The third kappa shape index (κ3) is 4.91. The monoisotopic (exact) mass is 438 g/mol. The fraction of sp³-hybridized carbons (Fsp3) is 0.579. The van der Waals surface area contributed by atoms with Gasteiger partial charge in [-0.15, -0.1) is 0 Å². The number of hydrogen-bond donors (Lipinski definition) is 1. The summed E-state index contributed by atoms with van der Waals surface area (Å²) in [7, 11) is -2.75. The standard InChI is InChI=1S/C19H27ClN6O2S/c1-7-19(5,25-26-21)15-11-24-17(14-10-23-16(20)8-13(14)15)28-12(2)9-18(3,4)29(6,22)27/h8,10-12,22H,7,9H2,1-6H3/t12-,19?,29?/m1/s1. The van der Waals surface area contributed by atoms with Gasteiger partial charge in [-0.3, -0.25) is 4.78 Å². The molecule has 3 atom stereocenters. The largest absolute Gasteiger partial charge is 0.474 e. The Labute approximate surface area is 176 Å². The van der Waals surface area contributed by atoms with Crippen LogP contribution in [0.2, 0.25) is 5.15 Å². The molecule has 2 unspecified atom stereocenters. The fourth-order valence-corrected chi connectivity index (χ4v) is 3.82. The van der Waals surface area contributed by atoms with E-state index >= 15 is 0 Å². The highest BCUT2D eigenvalue weighted by Gasteiger charge is 2.31. The third-order valence-electron chi connectivity index (χ3n) is 5.38. The molecule has 0 spiro atoms. The van der Waals surface area contributed by atoms with Gasteiger partial charge in [0, 0.05) is 39.7 Å². The van der Waals surface area contributed by atoms with Crippen molar-refractivity contribution in [3.63, 3.8) is 0 Å². The van der Waals surface area contributed by atoms with Gasteiger partial charge < -0.3 is 4.74 Å². The van der Waals surface area contributed by atoms with E-state index in [4.69, 9.17) is 26.6 Å². The summed E-state index contributed by atoms with van der Waals surface area (Å²) in [5.74, 6) is 0.364. The molecule has 2 aromatic heterocycles. The van der Waals surface area contributed by atoms with E-state index in [1.54, 1.807) is 32.3 Å². The first-order valence-electron chi connectivity index (χ1n) is 9.25. The number of pyridine rings is 2. The van der Waals surface area contributed by atoms with Gasteiger partial charge in [0.05, 0.1) is 21.8 Å². The highest BCUT2D eigenvalue weighted by atomic mass is 35.5. The number of fused-ring (bicyclic) bond motifs is 1. The summed E-state index contributed by atoms with van der Waals surface area (Å²) in [6, 6.07) is 1.71. The highest BCUT2D eigenvalue weighted by molar-refractivity contribution is 7.93. The van der Waals surface area contributed by atoms with Crippen molar-refractivity contribution in [2.75, 3.05) is 6.26 Å². The average molecular weight is 439 g/mol. The van der Waals surface area contributed by atoms with E-state index < -0.39 is 20.0 Å². The zero-order chi connectivity index (χ0) is 22.0. The zero-order valence-electron chi connectivity index (χ0n) is 17.6. The lowest BCUT2D eigenvalue weighted by Gasteiger charge is -2.29. The Bertz CT molecular complexity index is 1070. The second kappa shape index (κ2) is 8.34. The zero-order valence-corrected chi connectivity index (χ0v) is 19.1. The molecule has 0 radical (unpaired) electrons. The van der Waals surface area contributed by atoms with E-state index in [9.17, 15) is 4.21 Å². The molecule has 2 heterocycles. The predicted molar refractivity (Wildman–Crippen MR) is 117 cm³/mol. The van der Waals surface area contributed by atoms with Crippen LogP contribution in [0.5, 0.6) is 5.88 Å². The van der Waals surface area contributed by atoms with Gasteiger partial charge in [0.2, 0.25) is 5.88 Å². The third-order valence-corrected chi connectivity index (χ3v) is 7.86. The van der Waals surface area contributed by atoms with Crippen LogP contribution >= 0.6 is 11.6 Å². The van der Waals surface area contributed by atoms with E-state index in [-0.39, 0.29) is 6.10 Å². The Hall–Kier alpha value is -2.09. The number of halogens is 1. The Morgan fingerprint density at radius 2 is 2.00 bits per heavy atom. The quantitative estimate of drug-likeness (QED) is 0.240. The van der Waals surface area contributed by atoms with Crippen molar-refractivity contribution in [1.82, 2.24) is 9.97 Å². The molecule has 8 nitrogen and oxygen atoms in total. The average Bonchev–Trinajstić information content (AvgIpc) is 2.60. The van der Waals surface area contributed by atoms with Crippen LogP contribution in [0.4, 0.5) is 0 Å². The summed E-state index contributed by atoms with van der Waals surface area (Å²) in [4.78, 5) is 11.6. The number of azide groups is 1. The molecule has 2 aromatic rings. The molecule has 158 valence electrons. The Morgan fingerprint density at radius 3 is 2.55 bits per heavy atom. The van der Waals surface area contributed by atoms with E-state index in [1.807, 2.05) is 20.8 Å². The van der Waals surface area contributed by atoms with Gasteiger partial charge in [-0.1, -0.05) is 23.6 Å². The maximum atomic E-state index is 12.2. The first kappa shape index (κ1) is 23.2. The molecule has 0 saturated heterocycles. The summed E-state index contributed by atoms with van der Waals surface area (Å²) in [6.45, 7) is 9.22. The number of nitrogens with zero attached hydrogens (tertiary/aromatic N) is 5. The van der Waals surface area contributed by atoms with Crippen LogP contribution in [-0.2, 0) is 15.3 Å². The number of ether oxygens (including phenoxy) is 1. The number of rotatable bonds is 8. The lowest BCUT2D eigenvalue weighted by molar-refractivity contribution is 0.193. The van der Waals surface area contributed by atoms with Crippen molar-refractivity contribution in [2.45, 2.75) is 63.9 Å². The summed E-state index contributed by atoms with van der Waals surface area (Å²) in [5, 5.41) is 5.68. The molecule has 0 aliphatic carbocycles. The van der Waals surface area contributed by atoms with Crippen LogP contribution in [0.1, 0.15) is 53.0 Å². The van der Waals surface area contributed by atoms with Crippen molar-refractivity contribution >= 4 is 32.1 Å². The second-order valence-corrected chi connectivity index (χ2v) is 11.3. The lowest BCUT2D eigenvalue weighted by atomic mass is 9.88. The molecule has 0 aromatic carbocycles. The smallest absolute Gasteiger partial charge is 0.223 e. The van der Waals surface area contributed by atoms with Crippen LogP contribution in [0.25, 0.3) is 21.2 Å². The molecular weight excluding hydrogens is 412 g/mol. The Morgan fingerprint density at radius 1 is 1.34 bits per heavy atom. The summed E-state index contributed by atoms with van der Waals surface area (Å²) in [6.07, 6.45) is 5.33. The normalized spacial score (nSPS) is 17.1. The van der Waals surface area contributed by atoms with E-state index in [0.29, 0.717) is 29.3 Å². The van der Waals surface area contributed by atoms with Gasteiger partial charge in [-0.25, -0.2) is 14.2 Å². The SMILES string of the molecule is CCC(C)(N=[N+]=[N-])c1cnc(O[C@H](C)CC(C)(C)S(C)(=N)=O)c2cnc(Cl)cc12. The molecule has 0 aliphatic rings. The van der Waals surface area contributed by atoms with Crippen molar-refractivity contribution < 1.29 is 8.95 Å². The molecule has 29 heavy (non-hydrogen) atoms. The molecule has 0 amide bonds. The van der Waals surface area contributed by atoms with E-state index in [1.165, 1.54) is 6.26 Å². The lowest BCUT2D eigenvalue weighted by Crippen LogP contribution is -2.35. The molecule has 0 fully saturated rings. The molecule has 0 saturated carbocycles. The maximum Gasteiger partial charge on any atom is 0.223 e. The summed E-state index contributed by atoms with van der Waals surface area (Å²) < 4.78 is 25.5. The first-order valence-corrected chi connectivity index (χ1v) is 11.6. The van der Waals surface area contributed by atoms with Crippen molar-refractivity contribution in [3.05, 3.63) is 39.6 Å². The number of aromatic nitrogens is 2. The van der Waals surface area contributed by atoms with Gasteiger partial charge in [-0.05, 0) is 56.7 Å². The van der Waals surface area contributed by atoms with Crippen LogP contribution in [0, 0.1) is 4.78 Å². The van der Waals surface area contributed by atoms with Gasteiger partial charge in [0.1, 0.15) is 5.15 Å². The summed E-state index contributed by atoms with van der Waals surface area (Å²) in [5.41, 5.74) is 8.94. The van der Waals surface area contributed by atoms with Crippen LogP contribution < -0.4 is 4.74 Å². The molecular formula is C19H27ClN6O2S.